The molecule has 0 aliphatic carbocycles. The Morgan fingerprint density at radius 2 is 1.58 bits per heavy atom. The summed E-state index contributed by atoms with van der Waals surface area (Å²) in [6.07, 6.45) is 1.91. The maximum absolute atomic E-state index is 12.9. The highest BCUT2D eigenvalue weighted by Crippen LogP contribution is 2.43. The van der Waals surface area contributed by atoms with E-state index >= 15 is 0 Å². The van der Waals surface area contributed by atoms with Crippen LogP contribution in [0, 0.1) is 20.4 Å². The number of carbonyl (C=O) groups excluding carboxylic acids is 2. The van der Waals surface area contributed by atoms with Gasteiger partial charge in [0.05, 0.1) is 6.42 Å². The predicted molar refractivity (Wildman–Crippen MR) is 199 cm³/mol. The molecule has 2 amide bonds. The Bertz CT molecular complexity index is 2090. The van der Waals surface area contributed by atoms with E-state index in [1.54, 1.807) is 22.7 Å². The second kappa shape index (κ2) is 16.1. The minimum Gasteiger partial charge on any atom is -0.480 e. The molecule has 0 saturated carbocycles. The molecule has 50 heavy (non-hydrogen) atoms. The molecule has 5 rings (SSSR count). The van der Waals surface area contributed by atoms with Crippen LogP contribution >= 0.6 is 22.7 Å². The van der Waals surface area contributed by atoms with Crippen LogP contribution in [0.1, 0.15) is 48.6 Å². The van der Waals surface area contributed by atoms with Crippen molar-refractivity contribution < 1.29 is 29.4 Å². The van der Waals surface area contributed by atoms with Gasteiger partial charge in [0.2, 0.25) is 5.91 Å². The van der Waals surface area contributed by atoms with Crippen LogP contribution < -0.4 is 5.32 Å². The number of carbonyl (C=O) groups is 4. The highest BCUT2D eigenvalue weighted by molar-refractivity contribution is 7.24. The standard InChI is InChI=1S/C38H40N4O6S2/c1-5-42-29-12-9-8-11-26(29)27-19-25(14-15-30(27)42)32-18-24(3)37(50-32)33-17-23(2)31(49-33)20-28(39-4)38(48)40-16-10-6-7-13-34(43)41(21-35(44)45)22-36(46)47/h8-9,11-12,14-15,17-19,28H,5-7,10,13,16,20-22H2,1-3H3,(H,40,48)(H,44,45)(H,46,47). The smallest absolute Gasteiger partial charge is 0.323 e. The summed E-state index contributed by atoms with van der Waals surface area (Å²) in [5, 5.41) is 23.2. The first-order valence-corrected chi connectivity index (χ1v) is 18.2. The van der Waals surface area contributed by atoms with E-state index in [1.807, 2.05) is 6.92 Å². The molecule has 0 radical (unpaired) electrons. The number of aliphatic carboxylic acids is 2. The van der Waals surface area contributed by atoms with Crippen LogP contribution in [-0.2, 0) is 32.1 Å². The molecular weight excluding hydrogens is 673 g/mol. The monoisotopic (exact) mass is 712 g/mol. The van der Waals surface area contributed by atoms with Crippen LogP contribution in [0.3, 0.4) is 0 Å². The lowest BCUT2D eigenvalue weighted by Crippen LogP contribution is -2.39. The van der Waals surface area contributed by atoms with Crippen LogP contribution in [-0.4, -0.2) is 69.1 Å². The predicted octanol–water partition coefficient (Wildman–Crippen LogP) is 7.39. The zero-order chi connectivity index (χ0) is 35.9. The minimum absolute atomic E-state index is 0.0178. The van der Waals surface area contributed by atoms with Crippen molar-refractivity contribution in [3.63, 3.8) is 0 Å². The van der Waals surface area contributed by atoms with Crippen molar-refractivity contribution in [2.45, 2.75) is 65.5 Å². The molecule has 3 heterocycles. The van der Waals surface area contributed by atoms with Crippen molar-refractivity contribution >= 4 is 68.2 Å². The number of amides is 2. The van der Waals surface area contributed by atoms with Gasteiger partial charge < -0.3 is 29.8 Å². The number of fused-ring (bicyclic) bond motifs is 3. The second-order valence-corrected chi connectivity index (χ2v) is 14.5. The van der Waals surface area contributed by atoms with Crippen LogP contribution in [0.25, 0.3) is 46.8 Å². The van der Waals surface area contributed by atoms with Gasteiger partial charge in [0.15, 0.2) is 0 Å². The van der Waals surface area contributed by atoms with Gasteiger partial charge in [-0.1, -0.05) is 30.7 Å². The van der Waals surface area contributed by atoms with Gasteiger partial charge in [0.25, 0.3) is 0 Å². The lowest BCUT2D eigenvalue weighted by molar-refractivity contribution is -0.149. The molecule has 3 aromatic heterocycles. The maximum atomic E-state index is 12.9. The Balaban J connectivity index is 1.18. The fourth-order valence-electron chi connectivity index (χ4n) is 6.25. The van der Waals surface area contributed by atoms with E-state index in [0.717, 1.165) is 26.8 Å². The average Bonchev–Trinajstić information content (AvgIpc) is 3.75. The molecule has 3 N–H and O–H groups in total. The van der Waals surface area contributed by atoms with E-state index in [0.29, 0.717) is 32.2 Å². The van der Waals surface area contributed by atoms with E-state index in [1.165, 1.54) is 42.7 Å². The number of nitrogens with one attached hydrogen (secondary N) is 1. The van der Waals surface area contributed by atoms with Crippen molar-refractivity contribution in [2.24, 2.45) is 0 Å². The number of aryl methyl sites for hydroxylation is 3. The summed E-state index contributed by atoms with van der Waals surface area (Å²) in [7, 11) is 0. The Hall–Kier alpha value is -4.99. The number of aromatic nitrogens is 1. The topological polar surface area (TPSA) is 133 Å². The Labute approximate surface area is 298 Å². The summed E-state index contributed by atoms with van der Waals surface area (Å²) in [6, 6.07) is 18.8. The molecule has 0 bridgehead atoms. The largest absolute Gasteiger partial charge is 0.480 e. The molecule has 0 saturated heterocycles. The van der Waals surface area contributed by atoms with Gasteiger partial charge in [-0.25, -0.2) is 6.57 Å². The highest BCUT2D eigenvalue weighted by atomic mass is 32.1. The summed E-state index contributed by atoms with van der Waals surface area (Å²) in [5.74, 6) is -3.43. The van der Waals surface area contributed by atoms with Crippen molar-refractivity contribution in [1.82, 2.24) is 14.8 Å². The summed E-state index contributed by atoms with van der Waals surface area (Å²) < 4.78 is 2.35. The Kier molecular flexibility index (Phi) is 11.7. The molecule has 10 nitrogen and oxygen atoms in total. The van der Waals surface area contributed by atoms with Crippen LogP contribution in [0.2, 0.25) is 0 Å². The number of hydrogen-bond donors (Lipinski definition) is 3. The Morgan fingerprint density at radius 3 is 2.28 bits per heavy atom. The third-order valence-corrected chi connectivity index (χ3v) is 11.5. The number of unbranched alkanes of at least 4 members (excludes halogenated alkanes) is 2. The third kappa shape index (κ3) is 8.23. The van der Waals surface area contributed by atoms with Gasteiger partial charge in [-0.15, -0.1) is 22.7 Å². The van der Waals surface area contributed by atoms with Gasteiger partial charge in [-0.2, -0.15) is 0 Å². The molecule has 2 aromatic carbocycles. The fourth-order valence-corrected chi connectivity index (χ4v) is 8.79. The van der Waals surface area contributed by atoms with Gasteiger partial charge in [-0.3, -0.25) is 19.2 Å². The molecule has 1 atom stereocenters. The van der Waals surface area contributed by atoms with E-state index in [-0.39, 0.29) is 12.3 Å². The van der Waals surface area contributed by atoms with E-state index in [4.69, 9.17) is 16.8 Å². The molecule has 1 unspecified atom stereocenters. The van der Waals surface area contributed by atoms with E-state index in [2.05, 4.69) is 83.2 Å². The molecule has 0 aliphatic heterocycles. The molecule has 0 aliphatic rings. The highest BCUT2D eigenvalue weighted by Gasteiger charge is 2.26. The number of benzene rings is 2. The van der Waals surface area contributed by atoms with E-state index < -0.39 is 37.0 Å². The number of para-hydroxylation sites is 1. The molecule has 260 valence electrons. The minimum atomic E-state index is -1.28. The Morgan fingerprint density at radius 1 is 0.880 bits per heavy atom. The molecule has 0 fully saturated rings. The number of rotatable bonds is 16. The lowest BCUT2D eigenvalue weighted by atomic mass is 10.1. The molecule has 12 heteroatoms. The summed E-state index contributed by atoms with van der Waals surface area (Å²) in [5.41, 5.74) is 5.89. The van der Waals surface area contributed by atoms with Crippen molar-refractivity contribution in [3.8, 4) is 20.2 Å². The normalized spacial score (nSPS) is 11.8. The first-order valence-electron chi connectivity index (χ1n) is 16.6. The molecular formula is C38H40N4O6S2. The number of nitrogens with zero attached hydrogens (tertiary/aromatic N) is 3. The average molecular weight is 713 g/mol. The summed E-state index contributed by atoms with van der Waals surface area (Å²) in [4.78, 5) is 56.0. The van der Waals surface area contributed by atoms with Gasteiger partial charge >= 0.3 is 23.9 Å². The number of hydrogen-bond acceptors (Lipinski definition) is 6. The van der Waals surface area contributed by atoms with Gasteiger partial charge in [0, 0.05) is 60.8 Å². The first kappa shape index (κ1) is 36.3. The molecule has 5 aromatic rings. The number of carboxylic acids is 2. The SMILES string of the molecule is [C-]#[N+]C(Cc1sc(-c2sc(-c3ccc4c(c3)c3ccccc3n4CC)cc2C)cc1C)C(=O)NCCCCCC(=O)N(CC(=O)O)CC(=O)O. The van der Waals surface area contributed by atoms with Gasteiger partial charge in [-0.05, 0) is 80.6 Å². The first-order chi connectivity index (χ1) is 24.0. The van der Waals surface area contributed by atoms with Crippen molar-refractivity contribution in [3.05, 3.63) is 82.0 Å². The number of carboxylic acid groups (broad SMARTS) is 2. The van der Waals surface area contributed by atoms with Crippen LogP contribution in [0.4, 0.5) is 0 Å². The maximum Gasteiger partial charge on any atom is 0.323 e. The zero-order valence-corrected chi connectivity index (χ0v) is 30.0. The quantitative estimate of drug-likeness (QED) is 0.0722. The summed E-state index contributed by atoms with van der Waals surface area (Å²) >= 11 is 3.39. The fraction of sp³-hybridized carbons (Fsp3) is 0.342. The summed E-state index contributed by atoms with van der Waals surface area (Å²) in [6.45, 7) is 13.9. The van der Waals surface area contributed by atoms with Crippen LogP contribution in [0.5, 0.6) is 0 Å². The number of thiophene rings is 2. The van der Waals surface area contributed by atoms with E-state index in [9.17, 15) is 19.2 Å². The lowest BCUT2D eigenvalue weighted by Gasteiger charge is -2.18. The molecule has 0 spiro atoms. The van der Waals surface area contributed by atoms with Gasteiger partial charge in [0.1, 0.15) is 13.1 Å². The van der Waals surface area contributed by atoms with Crippen molar-refractivity contribution in [2.75, 3.05) is 19.6 Å². The van der Waals surface area contributed by atoms with Crippen LogP contribution in [0.15, 0.2) is 54.6 Å². The third-order valence-electron chi connectivity index (χ3n) is 8.74. The van der Waals surface area contributed by atoms with Crippen molar-refractivity contribution in [1.29, 1.82) is 0 Å². The second-order valence-electron chi connectivity index (χ2n) is 12.3. The zero-order valence-electron chi connectivity index (χ0n) is 28.3.